The summed E-state index contributed by atoms with van der Waals surface area (Å²) in [4.78, 5) is 31.7. The molecule has 1 aliphatic heterocycles. The summed E-state index contributed by atoms with van der Waals surface area (Å²) in [6.45, 7) is 5.05. The largest absolute Gasteiger partial charge is 0.497 e. The van der Waals surface area contributed by atoms with E-state index in [4.69, 9.17) is 30.8 Å². The zero-order valence-corrected chi connectivity index (χ0v) is 19.7. The predicted molar refractivity (Wildman–Crippen MR) is 123 cm³/mol. The first-order valence-corrected chi connectivity index (χ1v) is 10.9. The van der Waals surface area contributed by atoms with Gasteiger partial charge in [-0.25, -0.2) is 9.78 Å². The van der Waals surface area contributed by atoms with E-state index in [0.29, 0.717) is 59.7 Å². The molecule has 0 unspecified atom stereocenters. The number of likely N-dealkylation sites (tertiary alicyclic amines) is 1. The van der Waals surface area contributed by atoms with Gasteiger partial charge in [-0.05, 0) is 31.5 Å². The number of amides is 1. The molecule has 0 radical (unpaired) electrons. The smallest absolute Gasteiger partial charge is 0.409 e. The van der Waals surface area contributed by atoms with Crippen LogP contribution in [0.5, 0.6) is 5.75 Å². The summed E-state index contributed by atoms with van der Waals surface area (Å²) in [5, 5.41) is 3.74. The fourth-order valence-corrected chi connectivity index (χ4v) is 4.11. The molecule has 1 aromatic heterocycles. The molecule has 2 aromatic rings. The maximum atomic E-state index is 13.3. The molecule has 0 aliphatic carbocycles. The highest BCUT2D eigenvalue weighted by molar-refractivity contribution is 6.33. The zero-order chi connectivity index (χ0) is 23.4. The second-order valence-electron chi connectivity index (χ2n) is 7.44. The molecule has 0 saturated carbocycles. The van der Waals surface area contributed by atoms with E-state index >= 15 is 0 Å². The highest BCUT2D eigenvalue weighted by atomic mass is 35.5. The first kappa shape index (κ1) is 23.9. The summed E-state index contributed by atoms with van der Waals surface area (Å²) < 4.78 is 17.3. The highest BCUT2D eigenvalue weighted by Gasteiger charge is 2.37. The molecule has 1 amide bonds. The molecule has 9 nitrogen and oxygen atoms in total. The van der Waals surface area contributed by atoms with Crippen LogP contribution in [0.15, 0.2) is 23.0 Å². The van der Waals surface area contributed by atoms with E-state index in [1.165, 1.54) is 11.7 Å². The van der Waals surface area contributed by atoms with Crippen molar-refractivity contribution in [2.45, 2.75) is 32.4 Å². The number of carbonyl (C=O) groups excluding carboxylic acids is 1. The van der Waals surface area contributed by atoms with Crippen molar-refractivity contribution in [2.75, 3.05) is 39.2 Å². The normalized spacial score (nSPS) is 18.0. The van der Waals surface area contributed by atoms with Crippen LogP contribution >= 0.6 is 11.6 Å². The van der Waals surface area contributed by atoms with Crippen molar-refractivity contribution in [3.05, 3.63) is 39.3 Å². The van der Waals surface area contributed by atoms with Crippen molar-refractivity contribution in [1.82, 2.24) is 14.5 Å². The van der Waals surface area contributed by atoms with E-state index in [9.17, 15) is 9.59 Å². The molecule has 1 fully saturated rings. The fraction of sp³-hybridized carbons (Fsp3) is 0.500. The Bertz CT molecular complexity index is 1040. The van der Waals surface area contributed by atoms with Gasteiger partial charge in [0.05, 0.1) is 43.6 Å². The van der Waals surface area contributed by atoms with Crippen LogP contribution in [-0.2, 0) is 22.9 Å². The Morgan fingerprint density at radius 1 is 1.28 bits per heavy atom. The van der Waals surface area contributed by atoms with Gasteiger partial charge >= 0.3 is 6.09 Å². The lowest BCUT2D eigenvalue weighted by Gasteiger charge is -2.22. The zero-order valence-electron chi connectivity index (χ0n) is 19.0. The fourth-order valence-electron chi connectivity index (χ4n) is 3.85. The first-order chi connectivity index (χ1) is 15.3. The topological polar surface area (TPSA) is 94.9 Å². The van der Waals surface area contributed by atoms with Gasteiger partial charge in [0, 0.05) is 25.8 Å². The second kappa shape index (κ2) is 10.2. The number of rotatable bonds is 7. The average Bonchev–Trinajstić information content (AvgIpc) is 3.19. The third-order valence-corrected chi connectivity index (χ3v) is 5.84. The van der Waals surface area contributed by atoms with Crippen molar-refractivity contribution >= 4 is 23.4 Å². The quantitative estimate of drug-likeness (QED) is 0.673. The molecule has 2 heterocycles. The van der Waals surface area contributed by atoms with Gasteiger partial charge < -0.3 is 24.4 Å². The van der Waals surface area contributed by atoms with Crippen molar-refractivity contribution in [3.63, 3.8) is 0 Å². The Hall–Kier alpha value is -2.78. The van der Waals surface area contributed by atoms with Crippen molar-refractivity contribution in [2.24, 2.45) is 7.05 Å². The molecule has 32 heavy (non-hydrogen) atoms. The number of ether oxygens (including phenoxy) is 3. The minimum absolute atomic E-state index is 0.231. The number of nitrogens with zero attached hydrogens (tertiary/aromatic N) is 3. The van der Waals surface area contributed by atoms with Crippen LogP contribution in [-0.4, -0.2) is 66.6 Å². The number of hydrogen-bond acceptors (Lipinski definition) is 7. The monoisotopic (exact) mass is 464 g/mol. The minimum Gasteiger partial charge on any atom is -0.497 e. The van der Waals surface area contributed by atoms with Gasteiger partial charge in [0.25, 0.3) is 5.56 Å². The van der Waals surface area contributed by atoms with Crippen LogP contribution < -0.4 is 15.6 Å². The molecule has 1 aliphatic rings. The number of methoxy groups -OCH3 is 2. The Balaban J connectivity index is 1.98. The van der Waals surface area contributed by atoms with Gasteiger partial charge in [-0.3, -0.25) is 9.36 Å². The van der Waals surface area contributed by atoms with Crippen LogP contribution in [0.3, 0.4) is 0 Å². The van der Waals surface area contributed by atoms with Crippen LogP contribution in [0.25, 0.3) is 11.4 Å². The van der Waals surface area contributed by atoms with E-state index in [-0.39, 0.29) is 17.7 Å². The molecular weight excluding hydrogens is 436 g/mol. The summed E-state index contributed by atoms with van der Waals surface area (Å²) >= 11 is 6.44. The van der Waals surface area contributed by atoms with Crippen LogP contribution in [0, 0.1) is 0 Å². The first-order valence-electron chi connectivity index (χ1n) is 10.5. The maximum Gasteiger partial charge on any atom is 0.409 e. The number of carbonyl (C=O) groups is 1. The van der Waals surface area contributed by atoms with Crippen LogP contribution in [0.1, 0.15) is 19.5 Å². The summed E-state index contributed by atoms with van der Waals surface area (Å²) in [6, 6.07) is 4.97. The van der Waals surface area contributed by atoms with E-state index in [1.807, 2.05) is 13.8 Å². The Kier molecular flexibility index (Phi) is 7.63. The third kappa shape index (κ3) is 4.68. The number of aryl methyl sites for hydroxylation is 1. The standard InChI is InChI=1S/C22H29ClN4O5/c1-6-16-19(24-17-11-27(22(29)31-5)12-18(17)32-7-2)21(28)26(3)20(25-16)14-9-8-13(30-4)10-15(14)23/h8-10,17-18,24H,6-7,11-12H2,1-5H3/t17-,18+/m1/s1. The van der Waals surface area contributed by atoms with E-state index < -0.39 is 6.09 Å². The molecule has 1 N–H and O–H groups in total. The number of nitrogens with one attached hydrogen (secondary N) is 1. The van der Waals surface area contributed by atoms with Gasteiger partial charge in [0.1, 0.15) is 17.3 Å². The molecule has 3 rings (SSSR count). The van der Waals surface area contributed by atoms with Crippen molar-refractivity contribution in [3.8, 4) is 17.1 Å². The Morgan fingerprint density at radius 2 is 2.03 bits per heavy atom. The molecular formula is C22H29ClN4O5. The van der Waals surface area contributed by atoms with Gasteiger partial charge in [-0.2, -0.15) is 0 Å². The number of halogens is 1. The third-order valence-electron chi connectivity index (χ3n) is 5.53. The lowest BCUT2D eigenvalue weighted by atomic mass is 10.1. The second-order valence-corrected chi connectivity index (χ2v) is 7.85. The predicted octanol–water partition coefficient (Wildman–Crippen LogP) is 2.94. The minimum atomic E-state index is -0.426. The van der Waals surface area contributed by atoms with Gasteiger partial charge in [-0.15, -0.1) is 0 Å². The molecule has 2 atom stereocenters. The number of anilines is 1. The summed E-state index contributed by atoms with van der Waals surface area (Å²) in [5.41, 5.74) is 1.41. The SMILES string of the molecule is CCO[C@H]1CN(C(=O)OC)C[C@H]1Nc1c(CC)nc(-c2ccc(OC)cc2Cl)n(C)c1=O. The molecule has 0 spiro atoms. The van der Waals surface area contributed by atoms with Gasteiger partial charge in [-0.1, -0.05) is 18.5 Å². The summed E-state index contributed by atoms with van der Waals surface area (Å²) in [6.07, 6.45) is -0.166. The van der Waals surface area contributed by atoms with Crippen molar-refractivity contribution in [1.29, 1.82) is 0 Å². The van der Waals surface area contributed by atoms with E-state index in [0.717, 1.165) is 0 Å². The number of aromatic nitrogens is 2. The lowest BCUT2D eigenvalue weighted by Crippen LogP contribution is -2.38. The molecule has 0 bridgehead atoms. The van der Waals surface area contributed by atoms with Crippen LogP contribution in [0.4, 0.5) is 10.5 Å². The van der Waals surface area contributed by atoms with Crippen molar-refractivity contribution < 1.29 is 19.0 Å². The van der Waals surface area contributed by atoms with Gasteiger partial charge in [0.2, 0.25) is 0 Å². The summed E-state index contributed by atoms with van der Waals surface area (Å²) in [7, 11) is 4.57. The highest BCUT2D eigenvalue weighted by Crippen LogP contribution is 2.30. The van der Waals surface area contributed by atoms with E-state index in [1.54, 1.807) is 37.3 Å². The molecule has 1 saturated heterocycles. The lowest BCUT2D eigenvalue weighted by molar-refractivity contribution is 0.0614. The average molecular weight is 465 g/mol. The van der Waals surface area contributed by atoms with E-state index in [2.05, 4.69) is 5.32 Å². The number of benzene rings is 1. The maximum absolute atomic E-state index is 13.3. The summed E-state index contributed by atoms with van der Waals surface area (Å²) in [5.74, 6) is 1.09. The van der Waals surface area contributed by atoms with Gasteiger partial charge in [0.15, 0.2) is 0 Å². The Morgan fingerprint density at radius 3 is 2.62 bits per heavy atom. The molecule has 10 heteroatoms. The molecule has 1 aromatic carbocycles. The van der Waals surface area contributed by atoms with Crippen LogP contribution in [0.2, 0.25) is 5.02 Å². The number of hydrogen-bond donors (Lipinski definition) is 1. The molecule has 174 valence electrons. The Labute approximate surface area is 192 Å².